The Morgan fingerprint density at radius 2 is 1.79 bits per heavy atom. The van der Waals surface area contributed by atoms with E-state index in [-0.39, 0.29) is 11.9 Å². The van der Waals surface area contributed by atoms with Gasteiger partial charge in [0.05, 0.1) is 0 Å². The van der Waals surface area contributed by atoms with Crippen LogP contribution in [0.2, 0.25) is 5.02 Å². The van der Waals surface area contributed by atoms with Crippen LogP contribution in [-0.2, 0) is 0 Å². The number of rotatable bonds is 3. The first kappa shape index (κ1) is 18.0. The van der Waals surface area contributed by atoms with Crippen molar-refractivity contribution in [1.82, 2.24) is 9.88 Å². The average molecular weight is 403 g/mol. The van der Waals surface area contributed by atoms with Gasteiger partial charge in [0.25, 0.3) is 5.91 Å². The second-order valence-corrected chi connectivity index (χ2v) is 7.70. The van der Waals surface area contributed by atoms with Gasteiger partial charge < -0.3 is 9.32 Å². The predicted molar refractivity (Wildman–Crippen MR) is 114 cm³/mol. The predicted octanol–water partition coefficient (Wildman–Crippen LogP) is 6.13. The highest BCUT2D eigenvalue weighted by Crippen LogP contribution is 2.35. The van der Waals surface area contributed by atoms with Crippen molar-refractivity contribution >= 4 is 28.6 Å². The molecule has 0 unspecified atom stereocenters. The number of benzene rings is 3. The van der Waals surface area contributed by atoms with E-state index in [9.17, 15) is 4.79 Å². The molecule has 5 heteroatoms. The molecule has 4 aromatic rings. The molecule has 1 fully saturated rings. The number of likely N-dealkylation sites (tertiary alicyclic amines) is 1. The summed E-state index contributed by atoms with van der Waals surface area (Å²) in [4.78, 5) is 19.6. The summed E-state index contributed by atoms with van der Waals surface area (Å²) in [5.74, 6) is 0.585. The van der Waals surface area contributed by atoms with Crippen molar-refractivity contribution in [2.75, 3.05) is 6.54 Å². The minimum atomic E-state index is -0.147. The molecule has 4 nitrogen and oxygen atoms in total. The van der Waals surface area contributed by atoms with Gasteiger partial charge in [-0.2, -0.15) is 0 Å². The Bertz CT molecular complexity index is 1170. The number of carbonyl (C=O) groups is 1. The SMILES string of the molecule is O=C(c1ccc(Cl)cc1)N1CCC[C@H]1c1nc2cc(-c3ccccc3)ccc2o1. The number of carbonyl (C=O) groups excluding carboxylic acids is 1. The van der Waals surface area contributed by atoms with E-state index in [0.717, 1.165) is 35.1 Å². The first-order valence-electron chi connectivity index (χ1n) is 9.71. The van der Waals surface area contributed by atoms with Crippen molar-refractivity contribution in [3.8, 4) is 11.1 Å². The van der Waals surface area contributed by atoms with Crippen LogP contribution in [0.15, 0.2) is 77.2 Å². The Hall–Kier alpha value is -3.11. The fourth-order valence-electron chi connectivity index (χ4n) is 3.92. The summed E-state index contributed by atoms with van der Waals surface area (Å²) >= 11 is 5.95. The van der Waals surface area contributed by atoms with Crippen molar-refractivity contribution in [3.05, 3.63) is 89.3 Å². The third kappa shape index (κ3) is 3.40. The Morgan fingerprint density at radius 3 is 2.59 bits per heavy atom. The van der Waals surface area contributed by atoms with E-state index < -0.39 is 0 Å². The molecule has 0 saturated carbocycles. The number of hydrogen-bond acceptors (Lipinski definition) is 3. The van der Waals surface area contributed by atoms with E-state index in [2.05, 4.69) is 12.1 Å². The number of aromatic nitrogens is 1. The fourth-order valence-corrected chi connectivity index (χ4v) is 4.05. The Balaban J connectivity index is 1.46. The normalized spacial score (nSPS) is 16.4. The van der Waals surface area contributed by atoms with Crippen LogP contribution in [0, 0.1) is 0 Å². The number of halogens is 1. The summed E-state index contributed by atoms with van der Waals surface area (Å²) in [6.07, 6.45) is 1.77. The van der Waals surface area contributed by atoms with E-state index >= 15 is 0 Å². The minimum Gasteiger partial charge on any atom is -0.438 e. The summed E-state index contributed by atoms with van der Waals surface area (Å²) in [6, 6.07) is 23.1. The highest BCUT2D eigenvalue weighted by Gasteiger charge is 2.34. The number of hydrogen-bond donors (Lipinski definition) is 0. The average Bonchev–Trinajstić information content (AvgIpc) is 3.40. The van der Waals surface area contributed by atoms with Gasteiger partial charge in [-0.15, -0.1) is 0 Å². The lowest BCUT2D eigenvalue weighted by Gasteiger charge is -2.22. The van der Waals surface area contributed by atoms with Crippen LogP contribution >= 0.6 is 11.6 Å². The van der Waals surface area contributed by atoms with Crippen molar-refractivity contribution in [3.63, 3.8) is 0 Å². The van der Waals surface area contributed by atoms with E-state index in [4.69, 9.17) is 21.0 Å². The highest BCUT2D eigenvalue weighted by molar-refractivity contribution is 6.30. The molecule has 29 heavy (non-hydrogen) atoms. The molecular formula is C24H19ClN2O2. The molecule has 1 amide bonds. The monoisotopic (exact) mass is 402 g/mol. The summed E-state index contributed by atoms with van der Waals surface area (Å²) < 4.78 is 6.05. The molecule has 1 aliphatic heterocycles. The van der Waals surface area contributed by atoms with Crippen LogP contribution in [0.3, 0.4) is 0 Å². The van der Waals surface area contributed by atoms with Gasteiger partial charge in [0, 0.05) is 17.1 Å². The van der Waals surface area contributed by atoms with Crippen molar-refractivity contribution < 1.29 is 9.21 Å². The van der Waals surface area contributed by atoms with E-state index in [1.165, 1.54) is 0 Å². The van der Waals surface area contributed by atoms with Crippen LogP contribution in [0.25, 0.3) is 22.2 Å². The maximum Gasteiger partial charge on any atom is 0.254 e. The third-order valence-electron chi connectivity index (χ3n) is 5.40. The zero-order chi connectivity index (χ0) is 19.8. The molecule has 0 N–H and O–H groups in total. The van der Waals surface area contributed by atoms with Gasteiger partial charge in [-0.1, -0.05) is 48.0 Å². The summed E-state index contributed by atoms with van der Waals surface area (Å²) in [7, 11) is 0. The third-order valence-corrected chi connectivity index (χ3v) is 5.65. The number of oxazole rings is 1. The largest absolute Gasteiger partial charge is 0.438 e. The maximum absolute atomic E-state index is 13.0. The second-order valence-electron chi connectivity index (χ2n) is 7.26. The van der Waals surface area contributed by atoms with Crippen molar-refractivity contribution in [1.29, 1.82) is 0 Å². The van der Waals surface area contributed by atoms with Crippen molar-refractivity contribution in [2.45, 2.75) is 18.9 Å². The zero-order valence-electron chi connectivity index (χ0n) is 15.7. The Morgan fingerprint density at radius 1 is 1.00 bits per heavy atom. The highest BCUT2D eigenvalue weighted by atomic mass is 35.5. The lowest BCUT2D eigenvalue weighted by molar-refractivity contribution is 0.0717. The Kier molecular flexibility index (Phi) is 4.57. The molecule has 0 radical (unpaired) electrons. The second kappa shape index (κ2) is 7.37. The zero-order valence-corrected chi connectivity index (χ0v) is 16.5. The molecular weight excluding hydrogens is 384 g/mol. The summed E-state index contributed by atoms with van der Waals surface area (Å²) in [6.45, 7) is 0.695. The maximum atomic E-state index is 13.0. The molecule has 144 valence electrons. The molecule has 0 spiro atoms. The molecule has 0 bridgehead atoms. The van der Waals surface area contributed by atoms with Crippen LogP contribution in [-0.4, -0.2) is 22.3 Å². The van der Waals surface area contributed by atoms with Gasteiger partial charge in [0.15, 0.2) is 5.58 Å². The van der Waals surface area contributed by atoms with Crippen LogP contribution in [0.4, 0.5) is 0 Å². The number of fused-ring (bicyclic) bond motifs is 1. The molecule has 1 aliphatic rings. The van der Waals surface area contributed by atoms with Gasteiger partial charge in [0.2, 0.25) is 5.89 Å². The molecule has 1 saturated heterocycles. The molecule has 0 aliphatic carbocycles. The van der Waals surface area contributed by atoms with Gasteiger partial charge in [0.1, 0.15) is 11.6 Å². The first-order chi connectivity index (χ1) is 14.2. The number of nitrogens with zero attached hydrogens (tertiary/aromatic N) is 2. The molecule has 2 heterocycles. The van der Waals surface area contributed by atoms with Crippen LogP contribution in [0.1, 0.15) is 35.1 Å². The minimum absolute atomic E-state index is 0.0172. The van der Waals surface area contributed by atoms with E-state index in [1.54, 1.807) is 24.3 Å². The molecule has 1 aromatic heterocycles. The number of amides is 1. The van der Waals surface area contributed by atoms with Gasteiger partial charge in [-0.25, -0.2) is 4.98 Å². The Labute approximate surface area is 173 Å². The van der Waals surface area contributed by atoms with Gasteiger partial charge >= 0.3 is 0 Å². The van der Waals surface area contributed by atoms with Gasteiger partial charge in [-0.3, -0.25) is 4.79 Å². The van der Waals surface area contributed by atoms with Crippen molar-refractivity contribution in [2.24, 2.45) is 0 Å². The lowest BCUT2D eigenvalue weighted by atomic mass is 10.1. The molecule has 3 aromatic carbocycles. The summed E-state index contributed by atoms with van der Waals surface area (Å²) in [5, 5.41) is 0.618. The van der Waals surface area contributed by atoms with E-state index in [0.29, 0.717) is 23.0 Å². The quantitative estimate of drug-likeness (QED) is 0.414. The fraction of sp³-hybridized carbons (Fsp3) is 0.167. The molecule has 5 rings (SSSR count). The molecule has 1 atom stereocenters. The first-order valence-corrected chi connectivity index (χ1v) is 10.1. The smallest absolute Gasteiger partial charge is 0.254 e. The van der Waals surface area contributed by atoms with E-state index in [1.807, 2.05) is 41.3 Å². The summed E-state index contributed by atoms with van der Waals surface area (Å²) in [5.41, 5.74) is 4.42. The van der Waals surface area contributed by atoms with Crippen LogP contribution in [0.5, 0.6) is 0 Å². The topological polar surface area (TPSA) is 46.3 Å². The van der Waals surface area contributed by atoms with Gasteiger partial charge in [-0.05, 0) is 60.4 Å². The van der Waals surface area contributed by atoms with Crippen LogP contribution < -0.4 is 0 Å². The lowest BCUT2D eigenvalue weighted by Crippen LogP contribution is -2.30. The standard InChI is InChI=1S/C24H19ClN2O2/c25-19-11-8-17(9-12-19)24(28)27-14-4-7-21(27)23-26-20-15-18(10-13-22(20)29-23)16-5-2-1-3-6-16/h1-3,5-6,8-13,15,21H,4,7,14H2/t21-/m0/s1.